The zero-order valence-electron chi connectivity index (χ0n) is 10.2. The predicted octanol–water partition coefficient (Wildman–Crippen LogP) is 0.833. The maximum absolute atomic E-state index is 11.7. The molecule has 1 atom stereocenters. The Morgan fingerprint density at radius 1 is 1.47 bits per heavy atom. The molecule has 0 saturated carbocycles. The Bertz CT molecular complexity index is 451. The van der Waals surface area contributed by atoms with E-state index in [0.717, 1.165) is 0 Å². The van der Waals surface area contributed by atoms with Crippen molar-refractivity contribution >= 4 is 10.0 Å². The van der Waals surface area contributed by atoms with Gasteiger partial charge in [0.05, 0.1) is 11.9 Å². The number of hydrogen-bond donors (Lipinski definition) is 2. The highest BCUT2D eigenvalue weighted by atomic mass is 32.2. The average molecular weight is 258 g/mol. The van der Waals surface area contributed by atoms with Gasteiger partial charge in [-0.2, -0.15) is 0 Å². The summed E-state index contributed by atoms with van der Waals surface area (Å²) in [4.78, 5) is 3.84. The van der Waals surface area contributed by atoms with Crippen molar-refractivity contribution < 1.29 is 13.5 Å². The normalized spacial score (nSPS) is 14.6. The fraction of sp³-hybridized carbons (Fsp3) is 0.545. The SMILES string of the molecule is CC(C)(C)NS(=O)(=O)CC(O)c1cccnc1. The molecule has 0 spiro atoms. The van der Waals surface area contributed by atoms with E-state index in [-0.39, 0.29) is 5.75 Å². The van der Waals surface area contributed by atoms with E-state index >= 15 is 0 Å². The van der Waals surface area contributed by atoms with Crippen LogP contribution in [0.1, 0.15) is 32.4 Å². The number of aliphatic hydroxyl groups excluding tert-OH is 1. The van der Waals surface area contributed by atoms with E-state index in [1.54, 1.807) is 39.1 Å². The van der Waals surface area contributed by atoms with Crippen LogP contribution in [0, 0.1) is 0 Å². The number of pyridine rings is 1. The molecular formula is C11H18N2O3S. The van der Waals surface area contributed by atoms with Crippen LogP contribution >= 0.6 is 0 Å². The lowest BCUT2D eigenvalue weighted by atomic mass is 10.1. The third-order valence-electron chi connectivity index (χ3n) is 1.91. The topological polar surface area (TPSA) is 79.3 Å². The third-order valence-corrected chi connectivity index (χ3v) is 3.59. The highest BCUT2D eigenvalue weighted by molar-refractivity contribution is 7.89. The molecule has 1 heterocycles. The van der Waals surface area contributed by atoms with Crippen LogP contribution in [0.5, 0.6) is 0 Å². The Hall–Kier alpha value is -0.980. The molecule has 2 N–H and O–H groups in total. The number of aliphatic hydroxyl groups is 1. The Balaban J connectivity index is 2.72. The first-order chi connectivity index (χ1) is 7.70. The van der Waals surface area contributed by atoms with Gasteiger partial charge in [-0.05, 0) is 32.4 Å². The van der Waals surface area contributed by atoms with Crippen LogP contribution in [0.2, 0.25) is 0 Å². The van der Waals surface area contributed by atoms with Gasteiger partial charge in [-0.3, -0.25) is 4.98 Å². The second-order valence-corrected chi connectivity index (χ2v) is 6.70. The standard InChI is InChI=1S/C11H18N2O3S/c1-11(2,3)13-17(15,16)8-10(14)9-5-4-6-12-7-9/h4-7,10,13-14H,8H2,1-3H3. The summed E-state index contributed by atoms with van der Waals surface area (Å²) in [6.45, 7) is 5.25. The van der Waals surface area contributed by atoms with Crippen LogP contribution in [0.4, 0.5) is 0 Å². The van der Waals surface area contributed by atoms with Gasteiger partial charge in [-0.15, -0.1) is 0 Å². The van der Waals surface area contributed by atoms with E-state index < -0.39 is 21.7 Å². The van der Waals surface area contributed by atoms with Crippen LogP contribution in [0.15, 0.2) is 24.5 Å². The van der Waals surface area contributed by atoms with Crippen molar-refractivity contribution in [3.63, 3.8) is 0 Å². The number of nitrogens with zero attached hydrogens (tertiary/aromatic N) is 1. The molecule has 0 radical (unpaired) electrons. The van der Waals surface area contributed by atoms with E-state index in [1.807, 2.05) is 0 Å². The molecule has 0 aliphatic heterocycles. The van der Waals surface area contributed by atoms with Gasteiger partial charge in [0.15, 0.2) is 0 Å². The number of hydrogen-bond acceptors (Lipinski definition) is 4. The maximum atomic E-state index is 11.7. The molecule has 1 rings (SSSR count). The largest absolute Gasteiger partial charge is 0.387 e. The van der Waals surface area contributed by atoms with Gasteiger partial charge in [-0.25, -0.2) is 13.1 Å². The summed E-state index contributed by atoms with van der Waals surface area (Å²) in [6.07, 6.45) is 1.96. The van der Waals surface area contributed by atoms with Crippen molar-refractivity contribution in [1.82, 2.24) is 9.71 Å². The lowest BCUT2D eigenvalue weighted by Gasteiger charge is -2.21. The summed E-state index contributed by atoms with van der Waals surface area (Å²) in [5.74, 6) is -0.365. The number of sulfonamides is 1. The molecule has 6 heteroatoms. The maximum Gasteiger partial charge on any atom is 0.214 e. The lowest BCUT2D eigenvalue weighted by molar-refractivity contribution is 0.200. The molecule has 0 fully saturated rings. The number of rotatable bonds is 4. The molecule has 1 aromatic rings. The van der Waals surface area contributed by atoms with E-state index in [4.69, 9.17) is 0 Å². The summed E-state index contributed by atoms with van der Waals surface area (Å²) >= 11 is 0. The molecule has 0 amide bonds. The van der Waals surface area contributed by atoms with Gasteiger partial charge < -0.3 is 5.11 Å². The van der Waals surface area contributed by atoms with Crippen LogP contribution < -0.4 is 4.72 Å². The zero-order valence-corrected chi connectivity index (χ0v) is 11.0. The van der Waals surface area contributed by atoms with Crippen molar-refractivity contribution in [2.24, 2.45) is 0 Å². The predicted molar refractivity (Wildman–Crippen MR) is 65.9 cm³/mol. The van der Waals surface area contributed by atoms with Gasteiger partial charge in [0, 0.05) is 17.9 Å². The van der Waals surface area contributed by atoms with Crippen LogP contribution in [0.25, 0.3) is 0 Å². The number of aromatic nitrogens is 1. The van der Waals surface area contributed by atoms with Gasteiger partial charge >= 0.3 is 0 Å². The Morgan fingerprint density at radius 3 is 2.59 bits per heavy atom. The number of nitrogens with one attached hydrogen (secondary N) is 1. The molecular weight excluding hydrogens is 240 g/mol. The minimum Gasteiger partial charge on any atom is -0.387 e. The van der Waals surface area contributed by atoms with Crippen molar-refractivity contribution in [3.05, 3.63) is 30.1 Å². The smallest absolute Gasteiger partial charge is 0.214 e. The molecule has 0 aliphatic carbocycles. The van der Waals surface area contributed by atoms with Crippen LogP contribution in [-0.4, -0.2) is 29.8 Å². The molecule has 96 valence electrons. The summed E-state index contributed by atoms with van der Waals surface area (Å²) in [5.41, 5.74) is -0.0557. The van der Waals surface area contributed by atoms with E-state index in [1.165, 1.54) is 6.20 Å². The summed E-state index contributed by atoms with van der Waals surface area (Å²) < 4.78 is 26.0. The quantitative estimate of drug-likeness (QED) is 0.838. The van der Waals surface area contributed by atoms with Gasteiger partial charge in [0.1, 0.15) is 0 Å². The summed E-state index contributed by atoms with van der Waals surface area (Å²) in [7, 11) is -3.51. The van der Waals surface area contributed by atoms with Crippen molar-refractivity contribution in [1.29, 1.82) is 0 Å². The second kappa shape index (κ2) is 5.12. The Labute approximate surface area is 102 Å². The van der Waals surface area contributed by atoms with Gasteiger partial charge in [0.2, 0.25) is 10.0 Å². The van der Waals surface area contributed by atoms with Crippen LogP contribution in [-0.2, 0) is 10.0 Å². The van der Waals surface area contributed by atoms with E-state index in [0.29, 0.717) is 5.56 Å². The highest BCUT2D eigenvalue weighted by Crippen LogP contribution is 2.14. The third kappa shape index (κ3) is 5.25. The fourth-order valence-electron chi connectivity index (χ4n) is 1.39. The first kappa shape index (κ1) is 14.1. The zero-order chi connectivity index (χ0) is 13.1. The highest BCUT2D eigenvalue weighted by Gasteiger charge is 2.23. The van der Waals surface area contributed by atoms with Gasteiger partial charge in [-0.1, -0.05) is 6.07 Å². The minimum absolute atomic E-state index is 0.365. The fourth-order valence-corrected chi connectivity index (χ4v) is 3.01. The molecule has 17 heavy (non-hydrogen) atoms. The molecule has 0 bridgehead atoms. The Morgan fingerprint density at radius 2 is 2.12 bits per heavy atom. The first-order valence-electron chi connectivity index (χ1n) is 5.29. The van der Waals surface area contributed by atoms with E-state index in [2.05, 4.69) is 9.71 Å². The molecule has 1 unspecified atom stereocenters. The van der Waals surface area contributed by atoms with Crippen molar-refractivity contribution in [3.8, 4) is 0 Å². The van der Waals surface area contributed by atoms with E-state index in [9.17, 15) is 13.5 Å². The minimum atomic E-state index is -3.51. The molecule has 1 aromatic heterocycles. The van der Waals surface area contributed by atoms with Crippen molar-refractivity contribution in [2.75, 3.05) is 5.75 Å². The summed E-state index contributed by atoms with van der Waals surface area (Å²) in [5, 5.41) is 9.79. The molecule has 5 nitrogen and oxygen atoms in total. The van der Waals surface area contributed by atoms with Gasteiger partial charge in [0.25, 0.3) is 0 Å². The first-order valence-corrected chi connectivity index (χ1v) is 6.94. The lowest BCUT2D eigenvalue weighted by Crippen LogP contribution is -2.42. The summed E-state index contributed by atoms with van der Waals surface area (Å²) in [6, 6.07) is 3.30. The molecule has 0 aromatic carbocycles. The average Bonchev–Trinajstić information content (AvgIpc) is 2.14. The van der Waals surface area contributed by atoms with Crippen LogP contribution in [0.3, 0.4) is 0 Å². The Kier molecular flexibility index (Phi) is 4.24. The second-order valence-electron chi connectivity index (χ2n) is 4.94. The molecule has 0 aliphatic rings. The molecule has 0 saturated heterocycles. The van der Waals surface area contributed by atoms with Crippen molar-refractivity contribution in [2.45, 2.75) is 32.4 Å². The monoisotopic (exact) mass is 258 g/mol.